The van der Waals surface area contributed by atoms with Crippen LogP contribution in [0.1, 0.15) is 37.3 Å². The highest BCUT2D eigenvalue weighted by atomic mass is 15.0. The molecule has 0 bridgehead atoms. The summed E-state index contributed by atoms with van der Waals surface area (Å²) in [6, 6.07) is 26.5. The third-order valence-corrected chi connectivity index (χ3v) is 5.15. The fourth-order valence-corrected chi connectivity index (χ4v) is 3.59. The van der Waals surface area contributed by atoms with Crippen molar-refractivity contribution in [1.82, 2.24) is 4.57 Å². The molecule has 0 saturated carbocycles. The van der Waals surface area contributed by atoms with E-state index in [1.165, 1.54) is 39.4 Å². The van der Waals surface area contributed by atoms with Gasteiger partial charge >= 0.3 is 0 Å². The van der Waals surface area contributed by atoms with E-state index in [0.29, 0.717) is 5.92 Å². The molecule has 1 unspecified atom stereocenters. The standard InChI is InChI=1S/C23H23N/c1-3-17(2)19-10-8-9-18(15-19)16-24-22-13-6-4-11-20(22)21-12-5-7-14-23(21)24/h4-15,17H,3,16H2,1-2H3. The molecule has 0 aliphatic rings. The number of benzene rings is 3. The predicted octanol–water partition coefficient (Wildman–Crippen LogP) is 6.36. The zero-order chi connectivity index (χ0) is 16.5. The first kappa shape index (κ1) is 15.0. The van der Waals surface area contributed by atoms with Gasteiger partial charge in [-0.2, -0.15) is 0 Å². The van der Waals surface area contributed by atoms with Crippen molar-refractivity contribution in [2.45, 2.75) is 32.7 Å². The first-order valence-corrected chi connectivity index (χ1v) is 8.82. The Bertz CT molecular complexity index is 940. The molecule has 4 aromatic rings. The van der Waals surface area contributed by atoms with Crippen LogP contribution in [0.4, 0.5) is 0 Å². The molecule has 120 valence electrons. The molecule has 1 heterocycles. The number of hydrogen-bond acceptors (Lipinski definition) is 0. The Morgan fingerprint density at radius 1 is 0.792 bits per heavy atom. The van der Waals surface area contributed by atoms with Gasteiger partial charge in [-0.05, 0) is 35.6 Å². The fraction of sp³-hybridized carbons (Fsp3) is 0.217. The molecule has 0 spiro atoms. The number of hydrogen-bond donors (Lipinski definition) is 0. The number of nitrogens with zero attached hydrogens (tertiary/aromatic N) is 1. The summed E-state index contributed by atoms with van der Waals surface area (Å²) in [6.07, 6.45) is 1.18. The smallest absolute Gasteiger partial charge is 0.0494 e. The van der Waals surface area contributed by atoms with Crippen molar-refractivity contribution < 1.29 is 0 Å². The van der Waals surface area contributed by atoms with Crippen molar-refractivity contribution in [3.63, 3.8) is 0 Å². The summed E-state index contributed by atoms with van der Waals surface area (Å²) in [5.74, 6) is 0.614. The van der Waals surface area contributed by atoms with Gasteiger partial charge in [0.25, 0.3) is 0 Å². The second kappa shape index (κ2) is 6.16. The van der Waals surface area contributed by atoms with Gasteiger partial charge in [-0.25, -0.2) is 0 Å². The Labute approximate surface area is 143 Å². The Morgan fingerprint density at radius 3 is 2.04 bits per heavy atom. The SMILES string of the molecule is CCC(C)c1cccc(Cn2c3ccccc3c3ccccc32)c1. The quantitative estimate of drug-likeness (QED) is 0.413. The molecule has 1 aromatic heterocycles. The third kappa shape index (κ3) is 2.50. The van der Waals surface area contributed by atoms with E-state index in [1.807, 2.05) is 0 Å². The lowest BCUT2D eigenvalue weighted by atomic mass is 9.97. The maximum absolute atomic E-state index is 2.44. The summed E-state index contributed by atoms with van der Waals surface area (Å²) < 4.78 is 2.44. The second-order valence-electron chi connectivity index (χ2n) is 6.67. The topological polar surface area (TPSA) is 4.93 Å². The highest BCUT2D eigenvalue weighted by Gasteiger charge is 2.10. The van der Waals surface area contributed by atoms with Gasteiger partial charge in [0.1, 0.15) is 0 Å². The van der Waals surface area contributed by atoms with Crippen LogP contribution in [-0.4, -0.2) is 4.57 Å². The fourth-order valence-electron chi connectivity index (χ4n) is 3.59. The minimum absolute atomic E-state index is 0.614. The molecule has 3 aromatic carbocycles. The van der Waals surface area contributed by atoms with Gasteiger partial charge in [0, 0.05) is 28.4 Å². The van der Waals surface area contributed by atoms with Crippen molar-refractivity contribution in [3.05, 3.63) is 83.9 Å². The summed E-state index contributed by atoms with van der Waals surface area (Å²) in [4.78, 5) is 0. The minimum atomic E-state index is 0.614. The van der Waals surface area contributed by atoms with Crippen molar-refractivity contribution >= 4 is 21.8 Å². The van der Waals surface area contributed by atoms with Crippen LogP contribution in [0.5, 0.6) is 0 Å². The van der Waals surface area contributed by atoms with E-state index < -0.39 is 0 Å². The number of rotatable bonds is 4. The van der Waals surface area contributed by atoms with Gasteiger partial charge in [0.05, 0.1) is 0 Å². The largest absolute Gasteiger partial charge is 0.336 e. The van der Waals surface area contributed by atoms with Crippen LogP contribution in [0.25, 0.3) is 21.8 Å². The minimum Gasteiger partial charge on any atom is -0.336 e. The van der Waals surface area contributed by atoms with Crippen molar-refractivity contribution in [3.8, 4) is 0 Å². The highest BCUT2D eigenvalue weighted by Crippen LogP contribution is 2.30. The number of fused-ring (bicyclic) bond motifs is 3. The van der Waals surface area contributed by atoms with E-state index in [-0.39, 0.29) is 0 Å². The first-order chi connectivity index (χ1) is 11.8. The van der Waals surface area contributed by atoms with Gasteiger partial charge in [-0.1, -0.05) is 74.5 Å². The van der Waals surface area contributed by atoms with E-state index in [0.717, 1.165) is 6.54 Å². The summed E-state index contributed by atoms with van der Waals surface area (Å²) in [6.45, 7) is 5.47. The molecular formula is C23H23N. The van der Waals surface area contributed by atoms with Crippen LogP contribution in [0.15, 0.2) is 72.8 Å². The van der Waals surface area contributed by atoms with Gasteiger partial charge in [0.2, 0.25) is 0 Å². The molecule has 1 atom stereocenters. The summed E-state index contributed by atoms with van der Waals surface area (Å²) >= 11 is 0. The Morgan fingerprint density at radius 2 is 1.42 bits per heavy atom. The zero-order valence-corrected chi connectivity index (χ0v) is 14.4. The first-order valence-electron chi connectivity index (χ1n) is 8.82. The molecule has 0 aliphatic heterocycles. The van der Waals surface area contributed by atoms with Crippen LogP contribution in [0.3, 0.4) is 0 Å². The summed E-state index contributed by atoms with van der Waals surface area (Å²) in [5, 5.41) is 2.68. The van der Waals surface area contributed by atoms with Crippen LogP contribution in [-0.2, 0) is 6.54 Å². The van der Waals surface area contributed by atoms with E-state index in [2.05, 4.69) is 91.2 Å². The molecule has 0 N–H and O–H groups in total. The van der Waals surface area contributed by atoms with E-state index in [1.54, 1.807) is 0 Å². The van der Waals surface area contributed by atoms with Gasteiger partial charge in [0.15, 0.2) is 0 Å². The van der Waals surface area contributed by atoms with Crippen LogP contribution < -0.4 is 0 Å². The molecule has 24 heavy (non-hydrogen) atoms. The van der Waals surface area contributed by atoms with Crippen molar-refractivity contribution in [2.24, 2.45) is 0 Å². The molecule has 0 fully saturated rings. The predicted molar refractivity (Wildman–Crippen MR) is 104 cm³/mol. The normalized spacial score (nSPS) is 12.8. The summed E-state index contributed by atoms with van der Waals surface area (Å²) in [7, 11) is 0. The van der Waals surface area contributed by atoms with E-state index >= 15 is 0 Å². The van der Waals surface area contributed by atoms with E-state index in [4.69, 9.17) is 0 Å². The third-order valence-electron chi connectivity index (χ3n) is 5.15. The molecule has 0 aliphatic carbocycles. The van der Waals surface area contributed by atoms with Crippen LogP contribution in [0.2, 0.25) is 0 Å². The molecule has 0 saturated heterocycles. The molecular weight excluding hydrogens is 290 g/mol. The maximum atomic E-state index is 2.44. The Kier molecular flexibility index (Phi) is 3.86. The molecule has 0 amide bonds. The van der Waals surface area contributed by atoms with Gasteiger partial charge < -0.3 is 4.57 Å². The lowest BCUT2D eigenvalue weighted by molar-refractivity contribution is 0.730. The van der Waals surface area contributed by atoms with Crippen molar-refractivity contribution in [2.75, 3.05) is 0 Å². The average molecular weight is 313 g/mol. The van der Waals surface area contributed by atoms with Gasteiger partial charge in [-0.3, -0.25) is 0 Å². The lowest BCUT2D eigenvalue weighted by Gasteiger charge is -2.12. The molecule has 4 rings (SSSR count). The Balaban J connectivity index is 1.85. The lowest BCUT2D eigenvalue weighted by Crippen LogP contribution is -2.01. The van der Waals surface area contributed by atoms with Crippen LogP contribution >= 0.6 is 0 Å². The maximum Gasteiger partial charge on any atom is 0.0494 e. The molecule has 1 heteroatoms. The van der Waals surface area contributed by atoms with Crippen LogP contribution in [0, 0.1) is 0 Å². The zero-order valence-electron chi connectivity index (χ0n) is 14.4. The van der Waals surface area contributed by atoms with E-state index in [9.17, 15) is 0 Å². The Hall–Kier alpha value is -2.54. The summed E-state index contributed by atoms with van der Waals surface area (Å²) in [5.41, 5.74) is 5.44. The highest BCUT2D eigenvalue weighted by molar-refractivity contribution is 6.08. The average Bonchev–Trinajstić information content (AvgIpc) is 2.96. The second-order valence-corrected chi connectivity index (χ2v) is 6.67. The molecule has 0 radical (unpaired) electrons. The van der Waals surface area contributed by atoms with Gasteiger partial charge in [-0.15, -0.1) is 0 Å². The molecule has 1 nitrogen and oxygen atoms in total. The van der Waals surface area contributed by atoms with Crippen molar-refractivity contribution in [1.29, 1.82) is 0 Å². The number of aromatic nitrogens is 1. The monoisotopic (exact) mass is 313 g/mol. The number of para-hydroxylation sites is 2.